The molecule has 0 aromatic carbocycles. The molecule has 3 heteroatoms. The third kappa shape index (κ3) is 1.89. The van der Waals surface area contributed by atoms with Crippen LogP contribution >= 0.6 is 0 Å². The molecule has 3 fully saturated rings. The number of nitrogens with two attached hydrogens (primary N) is 1. The van der Waals surface area contributed by atoms with Crippen molar-refractivity contribution in [2.75, 3.05) is 6.61 Å². The van der Waals surface area contributed by atoms with Gasteiger partial charge in [0.1, 0.15) is 0 Å². The molecule has 0 radical (unpaired) electrons. The van der Waals surface area contributed by atoms with Crippen LogP contribution in [0.25, 0.3) is 0 Å². The van der Waals surface area contributed by atoms with Gasteiger partial charge in [-0.05, 0) is 45.4 Å². The highest BCUT2D eigenvalue weighted by Gasteiger charge is 2.43. The summed E-state index contributed by atoms with van der Waals surface area (Å²) >= 11 is 0. The van der Waals surface area contributed by atoms with E-state index >= 15 is 0 Å². The van der Waals surface area contributed by atoms with Gasteiger partial charge in [-0.15, -0.1) is 0 Å². The van der Waals surface area contributed by atoms with Crippen LogP contribution in [-0.2, 0) is 4.74 Å². The van der Waals surface area contributed by atoms with E-state index in [0.717, 1.165) is 24.7 Å². The van der Waals surface area contributed by atoms with Gasteiger partial charge in [-0.2, -0.15) is 0 Å². The van der Waals surface area contributed by atoms with E-state index in [4.69, 9.17) is 10.5 Å². The van der Waals surface area contributed by atoms with E-state index in [1.165, 1.54) is 38.5 Å². The van der Waals surface area contributed by atoms with E-state index in [2.05, 4.69) is 11.8 Å². The molecule has 3 aliphatic rings. The maximum absolute atomic E-state index is 6.12. The number of rotatable bonds is 1. The van der Waals surface area contributed by atoms with Crippen LogP contribution in [0.5, 0.6) is 0 Å². The number of ether oxygens (including phenoxy) is 1. The van der Waals surface area contributed by atoms with Crippen LogP contribution in [0, 0.1) is 0 Å². The van der Waals surface area contributed by atoms with Gasteiger partial charge in [-0.3, -0.25) is 4.90 Å². The van der Waals surface area contributed by atoms with Crippen LogP contribution < -0.4 is 5.73 Å². The zero-order valence-electron chi connectivity index (χ0n) is 10.3. The lowest BCUT2D eigenvalue weighted by molar-refractivity contribution is -0.0398. The van der Waals surface area contributed by atoms with Crippen molar-refractivity contribution in [3.05, 3.63) is 0 Å². The summed E-state index contributed by atoms with van der Waals surface area (Å²) in [6, 6.07) is 2.80. The average Bonchev–Trinajstić information content (AvgIpc) is 2.51. The fourth-order valence-corrected chi connectivity index (χ4v) is 4.10. The molecule has 2 bridgehead atoms. The molecule has 3 nitrogen and oxygen atoms in total. The Morgan fingerprint density at radius 2 is 1.62 bits per heavy atom. The normalized spacial score (nSPS) is 49.5. The lowest BCUT2D eigenvalue weighted by Crippen LogP contribution is -2.54. The molecule has 3 saturated heterocycles. The molecule has 0 amide bonds. The Morgan fingerprint density at radius 1 is 1.00 bits per heavy atom. The number of fused-ring (bicyclic) bond motifs is 2. The first-order chi connectivity index (χ1) is 7.74. The molecule has 92 valence electrons. The van der Waals surface area contributed by atoms with E-state index in [1.807, 2.05) is 0 Å². The monoisotopic (exact) mass is 224 g/mol. The van der Waals surface area contributed by atoms with Gasteiger partial charge in [-0.1, -0.05) is 0 Å². The summed E-state index contributed by atoms with van der Waals surface area (Å²) in [4.78, 5) is 2.81. The fourth-order valence-electron chi connectivity index (χ4n) is 4.10. The van der Waals surface area contributed by atoms with E-state index in [9.17, 15) is 0 Å². The largest absolute Gasteiger partial charge is 0.378 e. The second-order valence-electron chi connectivity index (χ2n) is 5.92. The summed E-state index contributed by atoms with van der Waals surface area (Å²) in [7, 11) is 0. The van der Waals surface area contributed by atoms with Crippen molar-refractivity contribution in [3.63, 3.8) is 0 Å². The van der Waals surface area contributed by atoms with Gasteiger partial charge >= 0.3 is 0 Å². The Kier molecular flexibility index (Phi) is 2.94. The van der Waals surface area contributed by atoms with Crippen molar-refractivity contribution in [1.29, 1.82) is 0 Å². The smallest absolute Gasteiger partial charge is 0.0561 e. The van der Waals surface area contributed by atoms with Crippen LogP contribution in [0.15, 0.2) is 0 Å². The number of piperidine rings is 1. The number of hydrogen-bond acceptors (Lipinski definition) is 3. The third-order valence-electron chi connectivity index (χ3n) is 4.71. The van der Waals surface area contributed by atoms with Crippen molar-refractivity contribution in [1.82, 2.24) is 4.90 Å². The van der Waals surface area contributed by atoms with Crippen molar-refractivity contribution in [2.45, 2.75) is 75.7 Å². The molecule has 0 spiro atoms. The molecule has 4 atom stereocenters. The lowest BCUT2D eigenvalue weighted by atomic mass is 9.92. The molecule has 3 aliphatic heterocycles. The minimum atomic E-state index is 0.453. The van der Waals surface area contributed by atoms with Crippen molar-refractivity contribution in [3.8, 4) is 0 Å². The fraction of sp³-hybridized carbons (Fsp3) is 1.00. The molecule has 4 unspecified atom stereocenters. The molecule has 0 aliphatic carbocycles. The summed E-state index contributed by atoms with van der Waals surface area (Å²) in [6.07, 6.45) is 8.11. The van der Waals surface area contributed by atoms with Gasteiger partial charge < -0.3 is 10.5 Å². The lowest BCUT2D eigenvalue weighted by Gasteiger charge is -2.45. The van der Waals surface area contributed by atoms with Gasteiger partial charge in [0.15, 0.2) is 0 Å². The summed E-state index contributed by atoms with van der Waals surface area (Å²) in [6.45, 7) is 3.16. The van der Waals surface area contributed by atoms with E-state index in [0.29, 0.717) is 12.1 Å². The van der Waals surface area contributed by atoms with Crippen LogP contribution in [0.1, 0.15) is 45.4 Å². The maximum atomic E-state index is 6.12. The standard InChI is InChI=1S/C13H24N2O/c1-9-6-13(4-5-16-9)15-11-2-3-12(15)8-10(14)7-11/h9-13H,2-8,14H2,1H3. The highest BCUT2D eigenvalue weighted by Crippen LogP contribution is 2.39. The molecule has 3 rings (SSSR count). The van der Waals surface area contributed by atoms with Gasteiger partial charge in [0.25, 0.3) is 0 Å². The maximum Gasteiger partial charge on any atom is 0.0561 e. The molecule has 3 heterocycles. The third-order valence-corrected chi connectivity index (χ3v) is 4.71. The Bertz CT molecular complexity index is 244. The number of hydrogen-bond donors (Lipinski definition) is 1. The first-order valence-corrected chi connectivity index (χ1v) is 6.88. The van der Waals surface area contributed by atoms with Gasteiger partial charge in [-0.25, -0.2) is 0 Å². The second kappa shape index (κ2) is 4.28. The van der Waals surface area contributed by atoms with Crippen LogP contribution in [0.4, 0.5) is 0 Å². The van der Waals surface area contributed by atoms with E-state index in [1.54, 1.807) is 0 Å². The van der Waals surface area contributed by atoms with E-state index in [-0.39, 0.29) is 0 Å². The Balaban J connectivity index is 1.70. The minimum Gasteiger partial charge on any atom is -0.378 e. The van der Waals surface area contributed by atoms with Crippen LogP contribution in [0.2, 0.25) is 0 Å². The summed E-state index contributed by atoms with van der Waals surface area (Å²) in [5, 5.41) is 0. The quantitative estimate of drug-likeness (QED) is 0.733. The predicted molar refractivity (Wildman–Crippen MR) is 64.3 cm³/mol. The Labute approximate surface area is 98.3 Å². The topological polar surface area (TPSA) is 38.5 Å². The molecular weight excluding hydrogens is 200 g/mol. The second-order valence-corrected chi connectivity index (χ2v) is 5.92. The van der Waals surface area contributed by atoms with Gasteiger partial charge in [0.05, 0.1) is 6.10 Å². The first kappa shape index (κ1) is 11.0. The Hall–Kier alpha value is -0.120. The van der Waals surface area contributed by atoms with E-state index < -0.39 is 0 Å². The predicted octanol–water partition coefficient (Wildman–Crippen LogP) is 1.51. The van der Waals surface area contributed by atoms with Gasteiger partial charge in [0.2, 0.25) is 0 Å². The number of nitrogens with zero attached hydrogens (tertiary/aromatic N) is 1. The van der Waals surface area contributed by atoms with Crippen LogP contribution in [0.3, 0.4) is 0 Å². The summed E-state index contributed by atoms with van der Waals surface area (Å²) in [5.74, 6) is 0. The van der Waals surface area contributed by atoms with Crippen molar-refractivity contribution >= 4 is 0 Å². The minimum absolute atomic E-state index is 0.453. The highest BCUT2D eigenvalue weighted by atomic mass is 16.5. The molecule has 0 aromatic rings. The zero-order valence-corrected chi connectivity index (χ0v) is 10.3. The molecule has 0 saturated carbocycles. The molecule has 16 heavy (non-hydrogen) atoms. The SMILES string of the molecule is CC1CC(N2C3CCC2CC(N)C3)CCO1. The first-order valence-electron chi connectivity index (χ1n) is 6.88. The molecular formula is C13H24N2O. The summed E-state index contributed by atoms with van der Waals surface area (Å²) in [5.41, 5.74) is 6.12. The molecule has 2 N–H and O–H groups in total. The average molecular weight is 224 g/mol. The highest BCUT2D eigenvalue weighted by molar-refractivity contribution is 4.99. The van der Waals surface area contributed by atoms with Crippen molar-refractivity contribution < 1.29 is 4.74 Å². The summed E-state index contributed by atoms with van der Waals surface area (Å²) < 4.78 is 5.66. The molecule has 0 aromatic heterocycles. The van der Waals surface area contributed by atoms with Gasteiger partial charge in [0, 0.05) is 30.8 Å². The zero-order chi connectivity index (χ0) is 11.1. The van der Waals surface area contributed by atoms with Crippen LogP contribution in [-0.4, -0.2) is 41.8 Å². The Morgan fingerprint density at radius 3 is 2.25 bits per heavy atom. The van der Waals surface area contributed by atoms with Crippen molar-refractivity contribution in [2.24, 2.45) is 5.73 Å².